The van der Waals surface area contributed by atoms with Crippen LogP contribution in [-0.4, -0.2) is 41.1 Å². The Morgan fingerprint density at radius 1 is 1.48 bits per heavy atom. The summed E-state index contributed by atoms with van der Waals surface area (Å²) in [5.41, 5.74) is 2.01. The molecule has 4 nitrogen and oxygen atoms in total. The van der Waals surface area contributed by atoms with Crippen LogP contribution < -0.4 is 5.32 Å². The standard InChI is InChI=1S/C16H23ClN2O2/c1-11-7-12(2)15(13(17)8-11)18-14(20)9-19-6-4-5-16(3,21)10-19/h7-8,21H,4-6,9-10H2,1-3H3,(H,18,20). The van der Waals surface area contributed by atoms with Gasteiger partial charge in [-0.05, 0) is 57.4 Å². The van der Waals surface area contributed by atoms with E-state index in [0.29, 0.717) is 17.3 Å². The number of hydrogen-bond acceptors (Lipinski definition) is 3. The molecule has 0 bridgehead atoms. The first-order valence-corrected chi connectivity index (χ1v) is 7.66. The molecule has 2 N–H and O–H groups in total. The average molecular weight is 311 g/mol. The predicted octanol–water partition coefficient (Wildman–Crippen LogP) is 2.74. The molecular formula is C16H23ClN2O2. The van der Waals surface area contributed by atoms with E-state index >= 15 is 0 Å². The first kappa shape index (κ1) is 16.3. The van der Waals surface area contributed by atoms with E-state index in [9.17, 15) is 9.90 Å². The fourth-order valence-corrected chi connectivity index (χ4v) is 3.28. The van der Waals surface area contributed by atoms with Gasteiger partial charge in [0.25, 0.3) is 0 Å². The molecule has 0 aliphatic carbocycles. The molecule has 1 heterocycles. The summed E-state index contributed by atoms with van der Waals surface area (Å²) in [6.07, 6.45) is 1.69. The number of piperidine rings is 1. The van der Waals surface area contributed by atoms with Crippen LogP contribution >= 0.6 is 11.6 Å². The number of carbonyl (C=O) groups is 1. The number of aryl methyl sites for hydroxylation is 2. The van der Waals surface area contributed by atoms with Crippen LogP contribution in [0.2, 0.25) is 5.02 Å². The van der Waals surface area contributed by atoms with Crippen LogP contribution in [0.1, 0.15) is 30.9 Å². The van der Waals surface area contributed by atoms with Crippen LogP contribution in [0.25, 0.3) is 0 Å². The zero-order valence-corrected chi connectivity index (χ0v) is 13.6. The molecule has 0 radical (unpaired) electrons. The number of rotatable bonds is 3. The first-order valence-electron chi connectivity index (χ1n) is 7.28. The van der Waals surface area contributed by atoms with Crippen molar-refractivity contribution in [2.24, 2.45) is 0 Å². The number of halogens is 1. The second-order valence-corrected chi connectivity index (χ2v) is 6.71. The predicted molar refractivity (Wildman–Crippen MR) is 85.9 cm³/mol. The van der Waals surface area contributed by atoms with Gasteiger partial charge >= 0.3 is 0 Å². The molecule has 116 valence electrons. The van der Waals surface area contributed by atoms with Crippen molar-refractivity contribution < 1.29 is 9.90 Å². The molecule has 1 atom stereocenters. The summed E-state index contributed by atoms with van der Waals surface area (Å²) in [7, 11) is 0. The Kier molecular flexibility index (Phi) is 4.91. The number of nitrogens with one attached hydrogen (secondary N) is 1. The number of benzene rings is 1. The molecule has 1 aliphatic rings. The number of likely N-dealkylation sites (tertiary alicyclic amines) is 1. The third kappa shape index (κ3) is 4.43. The topological polar surface area (TPSA) is 52.6 Å². The third-order valence-corrected chi connectivity index (χ3v) is 4.12. The van der Waals surface area contributed by atoms with Crippen LogP contribution in [0, 0.1) is 13.8 Å². The molecule has 21 heavy (non-hydrogen) atoms. The van der Waals surface area contributed by atoms with E-state index in [2.05, 4.69) is 5.32 Å². The summed E-state index contributed by atoms with van der Waals surface area (Å²) in [5.74, 6) is -0.0958. The Morgan fingerprint density at radius 3 is 2.81 bits per heavy atom. The van der Waals surface area contributed by atoms with E-state index in [1.807, 2.05) is 37.8 Å². The second-order valence-electron chi connectivity index (χ2n) is 6.30. The Labute approximate surface area is 131 Å². The molecule has 1 unspecified atom stereocenters. The van der Waals surface area contributed by atoms with Crippen molar-refractivity contribution in [3.63, 3.8) is 0 Å². The highest BCUT2D eigenvalue weighted by Crippen LogP contribution is 2.27. The Bertz CT molecular complexity index is 520. The summed E-state index contributed by atoms with van der Waals surface area (Å²) in [6, 6.07) is 3.84. The number of β-amino-alcohol motifs (C(OH)–C–C–N with tert-alkyl or cyclic N) is 1. The fourth-order valence-electron chi connectivity index (χ4n) is 2.91. The number of carbonyl (C=O) groups excluding carboxylic acids is 1. The molecule has 1 aromatic carbocycles. The van der Waals surface area contributed by atoms with Crippen LogP contribution in [0.15, 0.2) is 12.1 Å². The van der Waals surface area contributed by atoms with Gasteiger partial charge in [-0.2, -0.15) is 0 Å². The highest BCUT2D eigenvalue weighted by atomic mass is 35.5. The first-order chi connectivity index (χ1) is 9.77. The van der Waals surface area contributed by atoms with Crippen molar-refractivity contribution >= 4 is 23.2 Å². The summed E-state index contributed by atoms with van der Waals surface area (Å²) < 4.78 is 0. The maximum atomic E-state index is 12.2. The molecule has 1 aromatic rings. The van der Waals surface area contributed by atoms with Crippen molar-refractivity contribution in [2.75, 3.05) is 25.0 Å². The third-order valence-electron chi connectivity index (χ3n) is 3.82. The van der Waals surface area contributed by atoms with E-state index in [1.165, 1.54) is 0 Å². The van der Waals surface area contributed by atoms with Crippen LogP contribution in [0.4, 0.5) is 5.69 Å². The molecule has 1 amide bonds. The van der Waals surface area contributed by atoms with Crippen molar-refractivity contribution in [3.8, 4) is 0 Å². The lowest BCUT2D eigenvalue weighted by Crippen LogP contribution is -2.48. The van der Waals surface area contributed by atoms with Crippen molar-refractivity contribution in [1.29, 1.82) is 0 Å². The van der Waals surface area contributed by atoms with E-state index < -0.39 is 5.60 Å². The number of hydrogen-bond donors (Lipinski definition) is 2. The number of nitrogens with zero attached hydrogens (tertiary/aromatic N) is 1. The van der Waals surface area contributed by atoms with Gasteiger partial charge in [-0.1, -0.05) is 17.7 Å². The Morgan fingerprint density at radius 2 is 2.19 bits per heavy atom. The normalized spacial score (nSPS) is 23.1. The van der Waals surface area contributed by atoms with Gasteiger partial charge in [-0.3, -0.25) is 9.69 Å². The number of aliphatic hydroxyl groups is 1. The quantitative estimate of drug-likeness (QED) is 0.902. The van der Waals surface area contributed by atoms with E-state index in [4.69, 9.17) is 11.6 Å². The lowest BCUT2D eigenvalue weighted by molar-refractivity contribution is -0.118. The minimum absolute atomic E-state index is 0.0958. The summed E-state index contributed by atoms with van der Waals surface area (Å²) in [5, 5.41) is 13.5. The molecule has 0 spiro atoms. The molecule has 2 rings (SSSR count). The van der Waals surface area contributed by atoms with E-state index in [-0.39, 0.29) is 12.5 Å². The second kappa shape index (κ2) is 6.34. The van der Waals surface area contributed by atoms with Crippen LogP contribution in [0.5, 0.6) is 0 Å². The Hall–Kier alpha value is -1.10. The smallest absolute Gasteiger partial charge is 0.238 e. The van der Waals surface area contributed by atoms with Crippen molar-refractivity contribution in [2.45, 2.75) is 39.2 Å². The largest absolute Gasteiger partial charge is 0.389 e. The van der Waals surface area contributed by atoms with Crippen LogP contribution in [0.3, 0.4) is 0 Å². The molecule has 0 aromatic heterocycles. The lowest BCUT2D eigenvalue weighted by atomic mass is 9.95. The van der Waals surface area contributed by atoms with Gasteiger partial charge in [0.05, 0.1) is 22.9 Å². The van der Waals surface area contributed by atoms with Crippen molar-refractivity contribution in [1.82, 2.24) is 4.90 Å². The van der Waals surface area contributed by atoms with Gasteiger partial charge in [0.2, 0.25) is 5.91 Å². The number of anilines is 1. The van der Waals surface area contributed by atoms with Gasteiger partial charge in [0.1, 0.15) is 0 Å². The zero-order valence-electron chi connectivity index (χ0n) is 12.9. The Balaban J connectivity index is 1.99. The lowest BCUT2D eigenvalue weighted by Gasteiger charge is -2.36. The molecular weight excluding hydrogens is 288 g/mol. The van der Waals surface area contributed by atoms with E-state index in [0.717, 1.165) is 30.5 Å². The van der Waals surface area contributed by atoms with Crippen molar-refractivity contribution in [3.05, 3.63) is 28.3 Å². The van der Waals surface area contributed by atoms with Gasteiger partial charge in [0, 0.05) is 6.54 Å². The van der Waals surface area contributed by atoms with Crippen LogP contribution in [-0.2, 0) is 4.79 Å². The average Bonchev–Trinajstić information content (AvgIpc) is 2.32. The van der Waals surface area contributed by atoms with E-state index in [1.54, 1.807) is 0 Å². The summed E-state index contributed by atoms with van der Waals surface area (Å²) in [4.78, 5) is 14.2. The monoisotopic (exact) mass is 310 g/mol. The highest BCUT2D eigenvalue weighted by Gasteiger charge is 2.29. The molecule has 5 heteroatoms. The maximum Gasteiger partial charge on any atom is 0.238 e. The molecule has 0 saturated carbocycles. The minimum atomic E-state index is -0.698. The summed E-state index contributed by atoms with van der Waals surface area (Å²) >= 11 is 6.20. The molecule has 1 saturated heterocycles. The fraction of sp³-hybridized carbons (Fsp3) is 0.562. The number of amides is 1. The van der Waals surface area contributed by atoms with Gasteiger partial charge in [-0.25, -0.2) is 0 Å². The van der Waals surface area contributed by atoms with Gasteiger partial charge < -0.3 is 10.4 Å². The maximum absolute atomic E-state index is 12.2. The van der Waals surface area contributed by atoms with Gasteiger partial charge in [-0.15, -0.1) is 0 Å². The highest BCUT2D eigenvalue weighted by molar-refractivity contribution is 6.34. The minimum Gasteiger partial charge on any atom is -0.389 e. The summed E-state index contributed by atoms with van der Waals surface area (Å²) in [6.45, 7) is 7.36. The van der Waals surface area contributed by atoms with Gasteiger partial charge in [0.15, 0.2) is 0 Å². The SMILES string of the molecule is Cc1cc(C)c(NC(=O)CN2CCCC(C)(O)C2)c(Cl)c1. The zero-order chi connectivity index (χ0) is 15.6. The molecule has 1 fully saturated rings. The molecule has 1 aliphatic heterocycles.